The van der Waals surface area contributed by atoms with Gasteiger partial charge in [0.2, 0.25) is 0 Å². The number of fused-ring (bicyclic) bond motifs is 7. The first kappa shape index (κ1) is 15.8. The highest BCUT2D eigenvalue weighted by atomic mass is 16.5. The fourth-order valence-electron chi connectivity index (χ4n) is 3.98. The number of furan rings is 1. The molecule has 5 rings (SSSR count). The highest BCUT2D eigenvalue weighted by Crippen LogP contribution is 2.49. The van der Waals surface area contributed by atoms with Crippen molar-refractivity contribution in [1.82, 2.24) is 0 Å². The number of benzene rings is 4. The molecule has 5 aromatic rings. The Morgan fingerprint density at radius 3 is 1.81 bits per heavy atom. The first-order chi connectivity index (χ1) is 13.3. The number of methoxy groups -OCH3 is 3. The average molecular weight is 358 g/mol. The molecule has 0 N–H and O–H groups in total. The van der Waals surface area contributed by atoms with Gasteiger partial charge >= 0.3 is 0 Å². The van der Waals surface area contributed by atoms with E-state index in [1.165, 1.54) is 0 Å². The van der Waals surface area contributed by atoms with E-state index < -0.39 is 0 Å². The number of rotatable bonds is 3. The Balaban J connectivity index is 2.12. The molecule has 0 atom stereocenters. The van der Waals surface area contributed by atoms with E-state index in [1.807, 2.05) is 48.5 Å². The van der Waals surface area contributed by atoms with Gasteiger partial charge in [0.25, 0.3) is 0 Å². The molecule has 0 aliphatic carbocycles. The number of hydrogen-bond donors (Lipinski definition) is 0. The molecule has 0 unspecified atom stereocenters. The van der Waals surface area contributed by atoms with E-state index in [1.54, 1.807) is 21.3 Å². The second-order valence-corrected chi connectivity index (χ2v) is 6.42. The van der Waals surface area contributed by atoms with Crippen molar-refractivity contribution in [3.63, 3.8) is 0 Å². The first-order valence-electron chi connectivity index (χ1n) is 8.73. The highest BCUT2D eigenvalue weighted by Gasteiger charge is 2.23. The summed E-state index contributed by atoms with van der Waals surface area (Å²) in [5.74, 6) is 2.17. The summed E-state index contributed by atoms with van der Waals surface area (Å²) < 4.78 is 23.6. The topological polar surface area (TPSA) is 40.8 Å². The van der Waals surface area contributed by atoms with Crippen molar-refractivity contribution >= 4 is 43.5 Å². The summed E-state index contributed by atoms with van der Waals surface area (Å²) in [6.45, 7) is 0. The van der Waals surface area contributed by atoms with Crippen LogP contribution in [0.2, 0.25) is 0 Å². The zero-order valence-electron chi connectivity index (χ0n) is 15.3. The molecule has 0 radical (unpaired) electrons. The van der Waals surface area contributed by atoms with Crippen LogP contribution in [0.5, 0.6) is 17.2 Å². The zero-order valence-corrected chi connectivity index (χ0v) is 15.3. The van der Waals surface area contributed by atoms with Gasteiger partial charge in [0, 0.05) is 26.9 Å². The normalized spacial score (nSPS) is 11.5. The maximum absolute atomic E-state index is 6.43. The highest BCUT2D eigenvalue weighted by molar-refractivity contribution is 6.24. The SMILES string of the molecule is COc1cc2c(oc3c4ccccc4c(OC)c(OC)c23)c2ccccc12. The van der Waals surface area contributed by atoms with Gasteiger partial charge in [-0.05, 0) is 6.07 Å². The second-order valence-electron chi connectivity index (χ2n) is 6.42. The Morgan fingerprint density at radius 1 is 0.593 bits per heavy atom. The van der Waals surface area contributed by atoms with E-state index in [9.17, 15) is 0 Å². The minimum Gasteiger partial charge on any atom is -0.496 e. The van der Waals surface area contributed by atoms with E-state index in [2.05, 4.69) is 6.07 Å². The van der Waals surface area contributed by atoms with Gasteiger partial charge in [-0.3, -0.25) is 0 Å². The quantitative estimate of drug-likeness (QED) is 0.401. The summed E-state index contributed by atoms with van der Waals surface area (Å²) in [5.41, 5.74) is 1.61. The van der Waals surface area contributed by atoms with Crippen LogP contribution in [0.15, 0.2) is 59.0 Å². The Morgan fingerprint density at radius 2 is 1.19 bits per heavy atom. The van der Waals surface area contributed by atoms with Crippen LogP contribution in [0.3, 0.4) is 0 Å². The van der Waals surface area contributed by atoms with Gasteiger partial charge in [-0.25, -0.2) is 0 Å². The van der Waals surface area contributed by atoms with E-state index in [0.717, 1.165) is 49.2 Å². The molecule has 1 aromatic heterocycles. The second kappa shape index (κ2) is 5.81. The molecule has 0 aliphatic rings. The van der Waals surface area contributed by atoms with Crippen molar-refractivity contribution < 1.29 is 18.6 Å². The largest absolute Gasteiger partial charge is 0.496 e. The molecule has 0 saturated carbocycles. The molecule has 0 aliphatic heterocycles. The van der Waals surface area contributed by atoms with Crippen LogP contribution in [0.1, 0.15) is 0 Å². The first-order valence-corrected chi connectivity index (χ1v) is 8.73. The van der Waals surface area contributed by atoms with Gasteiger partial charge in [0.15, 0.2) is 11.5 Å². The van der Waals surface area contributed by atoms with Crippen molar-refractivity contribution in [3.8, 4) is 17.2 Å². The van der Waals surface area contributed by atoms with E-state index in [4.69, 9.17) is 18.6 Å². The smallest absolute Gasteiger partial charge is 0.173 e. The molecular weight excluding hydrogens is 340 g/mol. The lowest BCUT2D eigenvalue weighted by Gasteiger charge is -2.12. The average Bonchev–Trinajstić information content (AvgIpc) is 3.11. The summed E-state index contributed by atoms with van der Waals surface area (Å²) >= 11 is 0. The summed E-state index contributed by atoms with van der Waals surface area (Å²) in [7, 11) is 5.00. The van der Waals surface area contributed by atoms with Gasteiger partial charge in [-0.15, -0.1) is 0 Å². The lowest BCUT2D eigenvalue weighted by Crippen LogP contribution is -1.93. The van der Waals surface area contributed by atoms with Crippen molar-refractivity contribution in [2.75, 3.05) is 21.3 Å². The molecule has 0 spiro atoms. The Kier molecular flexibility index (Phi) is 3.41. The summed E-state index contributed by atoms with van der Waals surface area (Å²) in [4.78, 5) is 0. The molecule has 1 heterocycles. The van der Waals surface area contributed by atoms with Crippen molar-refractivity contribution in [2.24, 2.45) is 0 Å². The van der Waals surface area contributed by atoms with Crippen LogP contribution in [0, 0.1) is 0 Å². The molecule has 4 heteroatoms. The summed E-state index contributed by atoms with van der Waals surface area (Å²) in [6.07, 6.45) is 0. The fraction of sp³-hybridized carbons (Fsp3) is 0.130. The lowest BCUT2D eigenvalue weighted by atomic mass is 10.0. The zero-order chi connectivity index (χ0) is 18.5. The van der Waals surface area contributed by atoms with Gasteiger partial charge in [0.05, 0.1) is 26.7 Å². The van der Waals surface area contributed by atoms with Crippen molar-refractivity contribution in [3.05, 3.63) is 54.6 Å². The van der Waals surface area contributed by atoms with Gasteiger partial charge < -0.3 is 18.6 Å². The van der Waals surface area contributed by atoms with Gasteiger partial charge in [-0.1, -0.05) is 48.5 Å². The summed E-state index contributed by atoms with van der Waals surface area (Å²) in [6, 6.07) is 18.1. The van der Waals surface area contributed by atoms with Crippen LogP contribution in [0.25, 0.3) is 43.5 Å². The van der Waals surface area contributed by atoms with Crippen LogP contribution >= 0.6 is 0 Å². The van der Waals surface area contributed by atoms with Crippen LogP contribution in [-0.2, 0) is 0 Å². The molecule has 4 aromatic carbocycles. The van der Waals surface area contributed by atoms with Crippen LogP contribution in [0.4, 0.5) is 0 Å². The van der Waals surface area contributed by atoms with Crippen LogP contribution < -0.4 is 14.2 Å². The monoisotopic (exact) mass is 358 g/mol. The minimum absolute atomic E-state index is 0.669. The number of hydrogen-bond acceptors (Lipinski definition) is 4. The third kappa shape index (κ3) is 2.04. The lowest BCUT2D eigenvalue weighted by molar-refractivity contribution is 0.362. The standard InChI is InChI=1S/C23H18O4/c1-24-18-12-17-19-21(27-20(17)14-9-5-4-8-13(14)18)15-10-6-7-11-16(15)22(25-2)23(19)26-3/h4-12H,1-3H3. The summed E-state index contributed by atoms with van der Waals surface area (Å²) in [5, 5.41) is 5.81. The maximum atomic E-state index is 6.43. The molecule has 4 nitrogen and oxygen atoms in total. The molecule has 0 bridgehead atoms. The minimum atomic E-state index is 0.669. The van der Waals surface area contributed by atoms with Crippen LogP contribution in [-0.4, -0.2) is 21.3 Å². The molecule has 0 saturated heterocycles. The third-order valence-electron chi connectivity index (χ3n) is 5.14. The van der Waals surface area contributed by atoms with E-state index >= 15 is 0 Å². The number of ether oxygens (including phenoxy) is 3. The fourth-order valence-corrected chi connectivity index (χ4v) is 3.98. The van der Waals surface area contributed by atoms with E-state index in [-0.39, 0.29) is 0 Å². The van der Waals surface area contributed by atoms with Crippen molar-refractivity contribution in [1.29, 1.82) is 0 Å². The molecule has 0 amide bonds. The van der Waals surface area contributed by atoms with E-state index in [0.29, 0.717) is 11.5 Å². The van der Waals surface area contributed by atoms with Crippen molar-refractivity contribution in [2.45, 2.75) is 0 Å². The van der Waals surface area contributed by atoms with Gasteiger partial charge in [0.1, 0.15) is 16.9 Å². The third-order valence-corrected chi connectivity index (χ3v) is 5.14. The predicted octanol–water partition coefficient (Wildman–Crippen LogP) is 5.92. The Labute approximate surface area is 155 Å². The molecular formula is C23H18O4. The molecule has 0 fully saturated rings. The Hall–Kier alpha value is -3.40. The molecule has 27 heavy (non-hydrogen) atoms. The van der Waals surface area contributed by atoms with Gasteiger partial charge in [-0.2, -0.15) is 0 Å². The predicted molar refractivity (Wildman–Crippen MR) is 108 cm³/mol. The molecule has 134 valence electrons. The Bertz CT molecular complexity index is 1330. The maximum Gasteiger partial charge on any atom is 0.173 e.